The molecule has 0 atom stereocenters. The second-order valence-corrected chi connectivity index (χ2v) is 6.52. The van der Waals surface area contributed by atoms with Gasteiger partial charge < -0.3 is 20.0 Å². The van der Waals surface area contributed by atoms with Gasteiger partial charge in [0.2, 0.25) is 5.95 Å². The molecule has 1 aliphatic heterocycles. The zero-order valence-corrected chi connectivity index (χ0v) is 13.5. The third kappa shape index (κ3) is 2.12. The lowest BCUT2D eigenvalue weighted by molar-refractivity contribution is 0.145. The van der Waals surface area contributed by atoms with Crippen molar-refractivity contribution in [1.82, 2.24) is 19.9 Å². The highest BCUT2D eigenvalue weighted by Crippen LogP contribution is 2.33. The van der Waals surface area contributed by atoms with E-state index in [0.29, 0.717) is 5.39 Å². The zero-order chi connectivity index (χ0) is 17.0. The number of imidazole rings is 1. The lowest BCUT2D eigenvalue weighted by Gasteiger charge is -2.29. The topological polar surface area (TPSA) is 97.9 Å². The molecule has 1 aromatic carbocycles. The van der Waals surface area contributed by atoms with Gasteiger partial charge in [0.05, 0.1) is 17.0 Å². The molecule has 4 heterocycles. The molecule has 7 heteroatoms. The Labute approximate surface area is 142 Å². The van der Waals surface area contributed by atoms with Crippen LogP contribution >= 0.6 is 0 Å². The monoisotopic (exact) mass is 335 g/mol. The molecule has 3 N–H and O–H groups in total. The van der Waals surface area contributed by atoms with E-state index in [0.717, 1.165) is 59.1 Å². The van der Waals surface area contributed by atoms with Gasteiger partial charge in [-0.2, -0.15) is 0 Å². The molecule has 5 rings (SSSR count). The van der Waals surface area contributed by atoms with Crippen molar-refractivity contribution >= 4 is 38.5 Å². The molecule has 0 saturated carbocycles. The van der Waals surface area contributed by atoms with E-state index in [9.17, 15) is 9.90 Å². The quantitative estimate of drug-likeness (QED) is 0.462. The molecule has 3 aromatic heterocycles. The fourth-order valence-electron chi connectivity index (χ4n) is 3.73. The van der Waals surface area contributed by atoms with Gasteiger partial charge in [0.15, 0.2) is 0 Å². The fourth-order valence-corrected chi connectivity index (χ4v) is 3.73. The van der Waals surface area contributed by atoms with Gasteiger partial charge >= 0.3 is 0 Å². The lowest BCUT2D eigenvalue weighted by atomic mass is 10.0. The number of hydrogen-bond acceptors (Lipinski definition) is 5. The van der Waals surface area contributed by atoms with Gasteiger partial charge in [0.1, 0.15) is 5.52 Å². The summed E-state index contributed by atoms with van der Waals surface area (Å²) in [5, 5.41) is 12.9. The summed E-state index contributed by atoms with van der Waals surface area (Å²) in [5.41, 5.74) is 1.55. The first-order chi connectivity index (χ1) is 12.2. The Kier molecular flexibility index (Phi) is 3.05. The number of piperidine rings is 1. The first kappa shape index (κ1) is 14.4. The summed E-state index contributed by atoms with van der Waals surface area (Å²) in [6.45, 7) is 1.52. The Morgan fingerprint density at radius 2 is 2.00 bits per heavy atom. The second-order valence-electron chi connectivity index (χ2n) is 6.52. The van der Waals surface area contributed by atoms with Crippen molar-refractivity contribution in [2.24, 2.45) is 0 Å². The summed E-state index contributed by atoms with van der Waals surface area (Å²) < 4.78 is 0. The average Bonchev–Trinajstić information content (AvgIpc) is 3.08. The van der Waals surface area contributed by atoms with Crippen molar-refractivity contribution in [2.75, 3.05) is 18.0 Å². The summed E-state index contributed by atoms with van der Waals surface area (Å²) in [5.74, 6) is 0.778. The zero-order valence-electron chi connectivity index (χ0n) is 13.5. The molecule has 4 aromatic rings. The molecule has 0 amide bonds. The largest absolute Gasteiger partial charge is 0.393 e. The van der Waals surface area contributed by atoms with Gasteiger partial charge in [-0.15, -0.1) is 0 Å². The Balaban J connectivity index is 1.83. The van der Waals surface area contributed by atoms with Gasteiger partial charge in [0, 0.05) is 47.8 Å². The number of aliphatic hydroxyl groups excluding tert-OH is 1. The number of rotatable bonds is 1. The third-order valence-corrected chi connectivity index (χ3v) is 5.03. The average molecular weight is 335 g/mol. The van der Waals surface area contributed by atoms with Crippen LogP contribution in [0.25, 0.3) is 32.6 Å². The summed E-state index contributed by atoms with van der Waals surface area (Å²) in [6, 6.07) is 3.76. The van der Waals surface area contributed by atoms with Crippen molar-refractivity contribution < 1.29 is 5.11 Å². The van der Waals surface area contributed by atoms with Crippen LogP contribution in [0.1, 0.15) is 12.8 Å². The Hall–Kier alpha value is -2.93. The van der Waals surface area contributed by atoms with E-state index in [-0.39, 0.29) is 11.7 Å². The molecule has 1 saturated heterocycles. The number of aromatic nitrogens is 4. The molecule has 0 bridgehead atoms. The summed E-state index contributed by atoms with van der Waals surface area (Å²) in [4.78, 5) is 29.8. The van der Waals surface area contributed by atoms with Crippen LogP contribution in [0.3, 0.4) is 0 Å². The maximum Gasteiger partial charge on any atom is 0.256 e. The summed E-state index contributed by atoms with van der Waals surface area (Å²) >= 11 is 0. The summed E-state index contributed by atoms with van der Waals surface area (Å²) in [6.07, 6.45) is 6.35. The van der Waals surface area contributed by atoms with Crippen LogP contribution in [-0.4, -0.2) is 44.2 Å². The fraction of sp³-hybridized carbons (Fsp3) is 0.278. The number of H-pyrrole nitrogens is 2. The van der Waals surface area contributed by atoms with Crippen molar-refractivity contribution in [1.29, 1.82) is 0 Å². The van der Waals surface area contributed by atoms with E-state index in [2.05, 4.69) is 19.9 Å². The minimum absolute atomic E-state index is 0.118. The van der Waals surface area contributed by atoms with Gasteiger partial charge in [-0.05, 0) is 25.0 Å². The van der Waals surface area contributed by atoms with Crippen molar-refractivity contribution in [3.8, 4) is 0 Å². The van der Waals surface area contributed by atoms with Gasteiger partial charge in [0.25, 0.3) is 5.56 Å². The molecule has 25 heavy (non-hydrogen) atoms. The number of aliphatic hydroxyl groups is 1. The number of hydrogen-bond donors (Lipinski definition) is 3. The normalized spacial score (nSPS) is 16.3. The molecule has 1 fully saturated rings. The maximum absolute atomic E-state index is 12.4. The van der Waals surface area contributed by atoms with E-state index < -0.39 is 0 Å². The van der Waals surface area contributed by atoms with Crippen molar-refractivity contribution in [3.05, 3.63) is 41.1 Å². The van der Waals surface area contributed by atoms with Crippen LogP contribution in [0, 0.1) is 0 Å². The first-order valence-electron chi connectivity index (χ1n) is 8.42. The van der Waals surface area contributed by atoms with Crippen molar-refractivity contribution in [2.45, 2.75) is 18.9 Å². The van der Waals surface area contributed by atoms with Crippen molar-refractivity contribution in [3.63, 3.8) is 0 Å². The minimum atomic E-state index is -0.231. The molecule has 7 nitrogen and oxygen atoms in total. The number of benzene rings is 1. The number of pyridine rings is 2. The Bertz CT molecular complexity index is 1150. The summed E-state index contributed by atoms with van der Waals surface area (Å²) in [7, 11) is 0. The first-order valence-corrected chi connectivity index (χ1v) is 8.42. The van der Waals surface area contributed by atoms with E-state index >= 15 is 0 Å². The number of fused-ring (bicyclic) bond motifs is 6. The third-order valence-electron chi connectivity index (χ3n) is 5.03. The highest BCUT2D eigenvalue weighted by Gasteiger charge is 2.21. The van der Waals surface area contributed by atoms with Gasteiger partial charge in [-0.25, -0.2) is 4.98 Å². The van der Waals surface area contributed by atoms with Crippen LogP contribution in [0.5, 0.6) is 0 Å². The maximum atomic E-state index is 12.4. The molecule has 0 aliphatic carbocycles. The lowest BCUT2D eigenvalue weighted by Crippen LogP contribution is -2.36. The molecular formula is C18H17N5O2. The molecular weight excluding hydrogens is 318 g/mol. The second kappa shape index (κ2) is 5.29. The van der Waals surface area contributed by atoms with Crippen LogP contribution in [0.15, 0.2) is 35.5 Å². The van der Waals surface area contributed by atoms with E-state index in [1.165, 1.54) is 0 Å². The van der Waals surface area contributed by atoms with Gasteiger partial charge in [-0.1, -0.05) is 0 Å². The van der Waals surface area contributed by atoms with Crippen LogP contribution in [-0.2, 0) is 0 Å². The van der Waals surface area contributed by atoms with Crippen LogP contribution in [0.4, 0.5) is 5.95 Å². The van der Waals surface area contributed by atoms with E-state index in [4.69, 9.17) is 4.98 Å². The Morgan fingerprint density at radius 3 is 2.84 bits per heavy atom. The van der Waals surface area contributed by atoms with Gasteiger partial charge in [-0.3, -0.25) is 9.78 Å². The minimum Gasteiger partial charge on any atom is -0.393 e. The number of nitrogens with zero attached hydrogens (tertiary/aromatic N) is 3. The Morgan fingerprint density at radius 1 is 1.16 bits per heavy atom. The molecule has 0 unspecified atom stereocenters. The highest BCUT2D eigenvalue weighted by atomic mass is 16.3. The number of nitrogens with one attached hydrogen (secondary N) is 2. The van der Waals surface area contributed by atoms with E-state index in [1.54, 1.807) is 18.6 Å². The molecule has 1 aliphatic rings. The number of anilines is 1. The predicted molar refractivity (Wildman–Crippen MR) is 97.0 cm³/mol. The van der Waals surface area contributed by atoms with Crippen LogP contribution in [0.2, 0.25) is 0 Å². The smallest absolute Gasteiger partial charge is 0.256 e. The molecule has 0 spiro atoms. The van der Waals surface area contributed by atoms with Crippen LogP contribution < -0.4 is 10.5 Å². The number of aromatic amines is 2. The SMILES string of the molecule is O=c1[nH]ccc2c3[nH]c(N4CCC(O)CC4)nc3c3cnccc3c12. The molecule has 126 valence electrons. The van der Waals surface area contributed by atoms with E-state index in [1.807, 2.05) is 12.1 Å². The molecule has 0 radical (unpaired) electrons. The highest BCUT2D eigenvalue weighted by molar-refractivity contribution is 6.23. The standard InChI is InChI=1S/C18H17N5O2/c24-10-3-7-23(8-4-10)18-21-15-12-2-6-20-17(25)14(12)11-1-5-19-9-13(11)16(15)22-18/h1-2,5-6,9-10,24H,3-4,7-8H2,(H,20,25)(H,21,22). The predicted octanol–water partition coefficient (Wildman–Crippen LogP) is 1.91.